The molecule has 1 unspecified atom stereocenters. The van der Waals surface area contributed by atoms with Crippen molar-refractivity contribution in [1.82, 2.24) is 4.90 Å². The molecule has 0 aromatic rings. The predicted octanol–water partition coefficient (Wildman–Crippen LogP) is 0.909. The van der Waals surface area contributed by atoms with Gasteiger partial charge >= 0.3 is 5.97 Å². The Morgan fingerprint density at radius 3 is 2.43 bits per heavy atom. The van der Waals surface area contributed by atoms with E-state index in [1.165, 1.54) is 0 Å². The van der Waals surface area contributed by atoms with Crippen molar-refractivity contribution in [3.8, 4) is 0 Å². The smallest absolute Gasteiger partial charge is 0.303 e. The Hall–Kier alpha value is -0.610. The van der Waals surface area contributed by atoms with Gasteiger partial charge in [0.1, 0.15) is 0 Å². The highest BCUT2D eigenvalue weighted by molar-refractivity contribution is 5.66. The van der Waals surface area contributed by atoms with Gasteiger partial charge in [0.15, 0.2) is 0 Å². The van der Waals surface area contributed by atoms with Gasteiger partial charge in [-0.3, -0.25) is 4.79 Å². The van der Waals surface area contributed by atoms with Crippen LogP contribution in [0.15, 0.2) is 0 Å². The number of carboxylic acids is 1. The summed E-state index contributed by atoms with van der Waals surface area (Å²) in [6, 6.07) is 0.522. The Bertz CT molecular complexity index is 172. The lowest BCUT2D eigenvalue weighted by atomic mass is 10.1. The molecule has 0 aromatic heterocycles. The molecular formula is C10H22N2O2. The first-order chi connectivity index (χ1) is 6.43. The summed E-state index contributed by atoms with van der Waals surface area (Å²) in [7, 11) is 2.05. The molecule has 0 saturated carbocycles. The van der Waals surface area contributed by atoms with Crippen molar-refractivity contribution in [3.63, 3.8) is 0 Å². The molecule has 4 heteroatoms. The SMILES string of the molecule is CC(C)N(C)CCC(N)CCC(=O)O. The van der Waals surface area contributed by atoms with Crippen LogP contribution in [0.3, 0.4) is 0 Å². The molecule has 0 rings (SSSR count). The molecule has 0 aliphatic rings. The van der Waals surface area contributed by atoms with Crippen LogP contribution >= 0.6 is 0 Å². The zero-order valence-corrected chi connectivity index (χ0v) is 9.36. The third kappa shape index (κ3) is 6.86. The third-order valence-corrected chi connectivity index (χ3v) is 2.46. The van der Waals surface area contributed by atoms with Crippen molar-refractivity contribution in [2.24, 2.45) is 5.73 Å². The molecule has 14 heavy (non-hydrogen) atoms. The predicted molar refractivity (Wildman–Crippen MR) is 57.2 cm³/mol. The average molecular weight is 202 g/mol. The molecule has 0 aromatic carbocycles. The maximum absolute atomic E-state index is 10.3. The Kier molecular flexibility index (Phi) is 6.49. The van der Waals surface area contributed by atoms with Crippen molar-refractivity contribution in [3.05, 3.63) is 0 Å². The first-order valence-corrected chi connectivity index (χ1v) is 5.11. The van der Waals surface area contributed by atoms with E-state index in [0.717, 1.165) is 13.0 Å². The lowest BCUT2D eigenvalue weighted by Crippen LogP contribution is -2.32. The Balaban J connectivity index is 3.53. The molecule has 0 spiro atoms. The fourth-order valence-electron chi connectivity index (χ4n) is 1.08. The second-order valence-corrected chi connectivity index (χ2v) is 4.06. The molecule has 0 saturated heterocycles. The summed E-state index contributed by atoms with van der Waals surface area (Å²) in [5, 5.41) is 8.46. The van der Waals surface area contributed by atoms with Gasteiger partial charge in [-0.2, -0.15) is 0 Å². The fourth-order valence-corrected chi connectivity index (χ4v) is 1.08. The molecule has 0 aliphatic carbocycles. The zero-order valence-electron chi connectivity index (χ0n) is 9.36. The topological polar surface area (TPSA) is 66.6 Å². The number of nitrogens with zero attached hydrogens (tertiary/aromatic N) is 1. The van der Waals surface area contributed by atoms with Crippen molar-refractivity contribution >= 4 is 5.97 Å². The molecule has 3 N–H and O–H groups in total. The van der Waals surface area contributed by atoms with Crippen LogP contribution in [0.5, 0.6) is 0 Å². The summed E-state index contributed by atoms with van der Waals surface area (Å²) in [6.07, 6.45) is 1.61. The Morgan fingerprint density at radius 1 is 1.43 bits per heavy atom. The van der Waals surface area contributed by atoms with Gasteiger partial charge in [0.25, 0.3) is 0 Å². The molecule has 1 atom stereocenters. The van der Waals surface area contributed by atoms with Crippen LogP contribution in [0.25, 0.3) is 0 Å². The summed E-state index contributed by atoms with van der Waals surface area (Å²) < 4.78 is 0. The van der Waals surface area contributed by atoms with Crippen molar-refractivity contribution in [2.75, 3.05) is 13.6 Å². The summed E-state index contributed by atoms with van der Waals surface area (Å²) in [5.74, 6) is -0.766. The zero-order chi connectivity index (χ0) is 11.1. The van der Waals surface area contributed by atoms with Gasteiger partial charge in [-0.25, -0.2) is 0 Å². The largest absolute Gasteiger partial charge is 0.481 e. The van der Waals surface area contributed by atoms with E-state index >= 15 is 0 Å². The first kappa shape index (κ1) is 13.4. The Labute approximate surface area is 86.1 Å². The van der Waals surface area contributed by atoms with Crippen LogP contribution in [-0.2, 0) is 4.79 Å². The number of hydrogen-bond donors (Lipinski definition) is 2. The van der Waals surface area contributed by atoms with Gasteiger partial charge in [0.2, 0.25) is 0 Å². The van der Waals surface area contributed by atoms with Crippen LogP contribution in [-0.4, -0.2) is 41.7 Å². The number of aliphatic carboxylic acids is 1. The van der Waals surface area contributed by atoms with E-state index in [4.69, 9.17) is 10.8 Å². The van der Waals surface area contributed by atoms with Crippen LogP contribution in [0.1, 0.15) is 33.1 Å². The van der Waals surface area contributed by atoms with Gasteiger partial charge in [-0.1, -0.05) is 0 Å². The molecule has 0 fully saturated rings. The van der Waals surface area contributed by atoms with Gasteiger partial charge < -0.3 is 15.7 Å². The third-order valence-electron chi connectivity index (χ3n) is 2.46. The normalized spacial score (nSPS) is 13.6. The van der Waals surface area contributed by atoms with E-state index in [9.17, 15) is 4.79 Å². The van der Waals surface area contributed by atoms with Crippen LogP contribution in [0.2, 0.25) is 0 Å². The second kappa shape index (κ2) is 6.79. The van der Waals surface area contributed by atoms with Crippen LogP contribution in [0.4, 0.5) is 0 Å². The second-order valence-electron chi connectivity index (χ2n) is 4.06. The molecule has 0 amide bonds. The standard InChI is InChI=1S/C10H22N2O2/c1-8(2)12(3)7-6-9(11)4-5-10(13)14/h8-9H,4-7,11H2,1-3H3,(H,13,14). The number of rotatable bonds is 7. The maximum Gasteiger partial charge on any atom is 0.303 e. The molecular weight excluding hydrogens is 180 g/mol. The summed E-state index contributed by atoms with van der Waals surface area (Å²) in [4.78, 5) is 12.5. The molecule has 4 nitrogen and oxygen atoms in total. The van der Waals surface area contributed by atoms with E-state index < -0.39 is 5.97 Å². The lowest BCUT2D eigenvalue weighted by molar-refractivity contribution is -0.137. The monoisotopic (exact) mass is 202 g/mol. The lowest BCUT2D eigenvalue weighted by Gasteiger charge is -2.22. The fraction of sp³-hybridized carbons (Fsp3) is 0.900. The van der Waals surface area contributed by atoms with Crippen molar-refractivity contribution in [1.29, 1.82) is 0 Å². The number of carboxylic acid groups (broad SMARTS) is 1. The highest BCUT2D eigenvalue weighted by Gasteiger charge is 2.08. The molecule has 0 aliphatic heterocycles. The average Bonchev–Trinajstić information content (AvgIpc) is 2.10. The van der Waals surface area contributed by atoms with Gasteiger partial charge in [-0.05, 0) is 40.3 Å². The highest BCUT2D eigenvalue weighted by atomic mass is 16.4. The van der Waals surface area contributed by atoms with Gasteiger partial charge in [0.05, 0.1) is 0 Å². The Morgan fingerprint density at radius 2 is 2.00 bits per heavy atom. The minimum Gasteiger partial charge on any atom is -0.481 e. The first-order valence-electron chi connectivity index (χ1n) is 5.11. The van der Waals surface area contributed by atoms with Crippen molar-refractivity contribution < 1.29 is 9.90 Å². The minimum atomic E-state index is -0.766. The van der Waals surface area contributed by atoms with E-state index in [1.54, 1.807) is 0 Å². The van der Waals surface area contributed by atoms with Gasteiger partial charge in [-0.15, -0.1) is 0 Å². The molecule has 0 radical (unpaired) electrons. The number of carbonyl (C=O) groups is 1. The quantitative estimate of drug-likeness (QED) is 0.644. The molecule has 0 bridgehead atoms. The van der Waals surface area contributed by atoms with Gasteiger partial charge in [0, 0.05) is 18.5 Å². The van der Waals surface area contributed by atoms with E-state index in [-0.39, 0.29) is 12.5 Å². The van der Waals surface area contributed by atoms with E-state index in [2.05, 4.69) is 25.8 Å². The van der Waals surface area contributed by atoms with Crippen LogP contribution < -0.4 is 5.73 Å². The summed E-state index contributed by atoms with van der Waals surface area (Å²) in [5.41, 5.74) is 5.78. The minimum absolute atomic E-state index is 0.00676. The number of hydrogen-bond acceptors (Lipinski definition) is 3. The molecule has 0 heterocycles. The molecule has 84 valence electrons. The summed E-state index contributed by atoms with van der Waals surface area (Å²) in [6.45, 7) is 5.18. The highest BCUT2D eigenvalue weighted by Crippen LogP contribution is 2.02. The summed E-state index contributed by atoms with van der Waals surface area (Å²) >= 11 is 0. The maximum atomic E-state index is 10.3. The number of nitrogens with two attached hydrogens (primary N) is 1. The van der Waals surface area contributed by atoms with E-state index in [1.807, 2.05) is 0 Å². The van der Waals surface area contributed by atoms with Crippen LogP contribution in [0, 0.1) is 0 Å². The van der Waals surface area contributed by atoms with E-state index in [0.29, 0.717) is 12.5 Å². The van der Waals surface area contributed by atoms with Crippen molar-refractivity contribution in [2.45, 2.75) is 45.2 Å².